The second kappa shape index (κ2) is 9.84. The van der Waals surface area contributed by atoms with Gasteiger partial charge in [0.2, 0.25) is 11.8 Å². The molecule has 2 amide bonds. The smallest absolute Gasteiger partial charge is 0.238 e. The standard InChI is InChI=1S/C26H26N2O2S/c1-2-20-11-6-7-14-23(20)28-25(30)18-31-26(28)21-12-8-13-22(17-21)27-24(29)16-15-19-9-4-3-5-10-19/h3-14,17,26H,2,15-16,18H2,1H3,(H,27,29)/t26-/m1/s1. The van der Waals surface area contributed by atoms with Gasteiger partial charge in [-0.15, -0.1) is 11.8 Å². The van der Waals surface area contributed by atoms with E-state index >= 15 is 0 Å². The van der Waals surface area contributed by atoms with Crippen LogP contribution in [0.4, 0.5) is 11.4 Å². The molecule has 1 aliphatic rings. The van der Waals surface area contributed by atoms with Crippen LogP contribution >= 0.6 is 11.8 Å². The fourth-order valence-electron chi connectivity index (χ4n) is 3.87. The summed E-state index contributed by atoms with van der Waals surface area (Å²) in [6.45, 7) is 2.10. The third kappa shape index (κ3) is 5.00. The van der Waals surface area contributed by atoms with Crippen LogP contribution in [0.2, 0.25) is 0 Å². The second-order valence-corrected chi connectivity index (χ2v) is 8.64. The lowest BCUT2D eigenvalue weighted by Gasteiger charge is -2.26. The number of hydrogen-bond acceptors (Lipinski definition) is 3. The lowest BCUT2D eigenvalue weighted by molar-refractivity contribution is -0.116. The van der Waals surface area contributed by atoms with Crippen LogP contribution < -0.4 is 10.2 Å². The Kier molecular flexibility index (Phi) is 6.73. The van der Waals surface area contributed by atoms with Crippen molar-refractivity contribution in [1.82, 2.24) is 0 Å². The van der Waals surface area contributed by atoms with Gasteiger partial charge in [0.1, 0.15) is 5.37 Å². The zero-order chi connectivity index (χ0) is 21.6. The Bertz CT molecular complexity index is 1070. The normalized spacial score (nSPS) is 15.8. The van der Waals surface area contributed by atoms with Crippen LogP contribution in [0.15, 0.2) is 78.9 Å². The molecule has 0 aliphatic carbocycles. The fraction of sp³-hybridized carbons (Fsp3) is 0.231. The van der Waals surface area contributed by atoms with Crippen LogP contribution in [0.3, 0.4) is 0 Å². The molecule has 4 nitrogen and oxygen atoms in total. The molecule has 3 aromatic carbocycles. The van der Waals surface area contributed by atoms with Gasteiger partial charge in [0.05, 0.1) is 5.75 Å². The summed E-state index contributed by atoms with van der Waals surface area (Å²) < 4.78 is 0. The van der Waals surface area contributed by atoms with E-state index in [1.807, 2.05) is 77.7 Å². The van der Waals surface area contributed by atoms with Crippen molar-refractivity contribution in [3.05, 3.63) is 95.6 Å². The van der Waals surface area contributed by atoms with E-state index < -0.39 is 0 Å². The van der Waals surface area contributed by atoms with E-state index in [1.54, 1.807) is 11.8 Å². The Hall–Kier alpha value is -3.05. The minimum atomic E-state index is -0.0960. The van der Waals surface area contributed by atoms with Crippen LogP contribution in [0.25, 0.3) is 0 Å². The van der Waals surface area contributed by atoms with Crippen molar-refractivity contribution in [3.63, 3.8) is 0 Å². The zero-order valence-corrected chi connectivity index (χ0v) is 18.4. The van der Waals surface area contributed by atoms with Crippen molar-refractivity contribution in [2.45, 2.75) is 31.6 Å². The molecule has 4 rings (SSSR count). The average Bonchev–Trinajstić information content (AvgIpc) is 3.19. The van der Waals surface area contributed by atoms with Gasteiger partial charge < -0.3 is 5.32 Å². The van der Waals surface area contributed by atoms with Crippen molar-refractivity contribution in [2.24, 2.45) is 0 Å². The molecule has 1 atom stereocenters. The first-order valence-electron chi connectivity index (χ1n) is 10.6. The van der Waals surface area contributed by atoms with Crippen molar-refractivity contribution in [2.75, 3.05) is 16.0 Å². The van der Waals surface area contributed by atoms with Crippen LogP contribution in [0, 0.1) is 0 Å². The number of nitrogens with one attached hydrogen (secondary N) is 1. The van der Waals surface area contributed by atoms with Gasteiger partial charge in [-0.2, -0.15) is 0 Å². The maximum atomic E-state index is 12.7. The molecule has 158 valence electrons. The molecule has 5 heteroatoms. The van der Waals surface area contributed by atoms with Crippen molar-refractivity contribution in [1.29, 1.82) is 0 Å². The lowest BCUT2D eigenvalue weighted by atomic mass is 10.1. The molecule has 1 heterocycles. The monoisotopic (exact) mass is 430 g/mol. The second-order valence-electron chi connectivity index (χ2n) is 7.57. The molecule has 0 unspecified atom stereocenters. The summed E-state index contributed by atoms with van der Waals surface area (Å²) in [5, 5.41) is 2.92. The molecule has 1 fully saturated rings. The summed E-state index contributed by atoms with van der Waals surface area (Å²) in [6, 6.07) is 25.9. The number of carbonyl (C=O) groups excluding carboxylic acids is 2. The third-order valence-electron chi connectivity index (χ3n) is 5.44. The number of anilines is 2. The largest absolute Gasteiger partial charge is 0.326 e. The number of hydrogen-bond donors (Lipinski definition) is 1. The molecule has 31 heavy (non-hydrogen) atoms. The quantitative estimate of drug-likeness (QED) is 0.531. The molecule has 0 bridgehead atoms. The van der Waals surface area contributed by atoms with E-state index in [0.29, 0.717) is 18.6 Å². The summed E-state index contributed by atoms with van der Waals surface area (Å²) in [7, 11) is 0. The van der Waals surface area contributed by atoms with E-state index in [4.69, 9.17) is 0 Å². The molecule has 1 saturated heterocycles. The molecule has 0 radical (unpaired) electrons. The lowest BCUT2D eigenvalue weighted by Crippen LogP contribution is -2.28. The van der Waals surface area contributed by atoms with E-state index in [2.05, 4.69) is 18.3 Å². The number of aryl methyl sites for hydroxylation is 2. The number of benzene rings is 3. The topological polar surface area (TPSA) is 49.4 Å². The SMILES string of the molecule is CCc1ccccc1N1C(=O)CS[C@@H]1c1cccc(NC(=O)CCc2ccccc2)c1. The highest BCUT2D eigenvalue weighted by molar-refractivity contribution is 8.00. The Morgan fingerprint density at radius 2 is 1.81 bits per heavy atom. The first-order chi connectivity index (χ1) is 15.2. The van der Waals surface area contributed by atoms with Gasteiger partial charge >= 0.3 is 0 Å². The van der Waals surface area contributed by atoms with Crippen molar-refractivity contribution in [3.8, 4) is 0 Å². The van der Waals surface area contributed by atoms with Crippen LogP contribution in [0.5, 0.6) is 0 Å². The minimum absolute atomic E-state index is 0.00987. The molecule has 1 N–H and O–H groups in total. The van der Waals surface area contributed by atoms with Crippen molar-refractivity contribution >= 4 is 35.0 Å². The molecular formula is C26H26N2O2S. The first kappa shape index (κ1) is 21.2. The van der Waals surface area contributed by atoms with Gasteiger partial charge in [-0.25, -0.2) is 0 Å². The Balaban J connectivity index is 1.49. The molecule has 0 aromatic heterocycles. The first-order valence-corrected chi connectivity index (χ1v) is 11.7. The number of carbonyl (C=O) groups is 2. The molecule has 3 aromatic rings. The highest BCUT2D eigenvalue weighted by Crippen LogP contribution is 2.43. The minimum Gasteiger partial charge on any atom is -0.326 e. The maximum Gasteiger partial charge on any atom is 0.238 e. The average molecular weight is 431 g/mol. The van der Waals surface area contributed by atoms with Crippen molar-refractivity contribution < 1.29 is 9.59 Å². The van der Waals surface area contributed by atoms with Gasteiger partial charge in [0, 0.05) is 17.8 Å². The third-order valence-corrected chi connectivity index (χ3v) is 6.65. The molecule has 0 spiro atoms. The number of rotatable bonds is 7. The predicted octanol–water partition coefficient (Wildman–Crippen LogP) is 5.60. The number of para-hydroxylation sites is 1. The summed E-state index contributed by atoms with van der Waals surface area (Å²) in [5.74, 6) is 0.564. The highest BCUT2D eigenvalue weighted by atomic mass is 32.2. The Labute approximate surface area is 187 Å². The van der Waals surface area contributed by atoms with E-state index in [-0.39, 0.29) is 17.2 Å². The predicted molar refractivity (Wildman–Crippen MR) is 128 cm³/mol. The van der Waals surface area contributed by atoms with Crippen LogP contribution in [0.1, 0.15) is 35.4 Å². The summed E-state index contributed by atoms with van der Waals surface area (Å²) in [4.78, 5) is 27.1. The Morgan fingerprint density at radius 1 is 1.03 bits per heavy atom. The van der Waals surface area contributed by atoms with E-state index in [0.717, 1.165) is 34.5 Å². The number of nitrogens with zero attached hydrogens (tertiary/aromatic N) is 1. The van der Waals surface area contributed by atoms with E-state index in [9.17, 15) is 9.59 Å². The van der Waals surface area contributed by atoms with Gasteiger partial charge in [-0.05, 0) is 47.7 Å². The van der Waals surface area contributed by atoms with Gasteiger partial charge in [-0.1, -0.05) is 67.6 Å². The summed E-state index contributed by atoms with van der Waals surface area (Å²) in [5.41, 5.74) is 5.07. The molecule has 1 aliphatic heterocycles. The van der Waals surface area contributed by atoms with Gasteiger partial charge in [-0.3, -0.25) is 14.5 Å². The maximum absolute atomic E-state index is 12.7. The molecule has 0 saturated carbocycles. The summed E-state index contributed by atoms with van der Waals surface area (Å²) >= 11 is 1.62. The molecular weight excluding hydrogens is 404 g/mol. The van der Waals surface area contributed by atoms with E-state index in [1.165, 1.54) is 0 Å². The summed E-state index contributed by atoms with van der Waals surface area (Å²) in [6.07, 6.45) is 2.01. The van der Waals surface area contributed by atoms with Gasteiger partial charge in [0.15, 0.2) is 0 Å². The number of thioether (sulfide) groups is 1. The van der Waals surface area contributed by atoms with Crippen LogP contribution in [-0.2, 0) is 22.4 Å². The highest BCUT2D eigenvalue weighted by Gasteiger charge is 2.35. The van der Waals surface area contributed by atoms with Gasteiger partial charge in [0.25, 0.3) is 0 Å². The number of amides is 2. The zero-order valence-electron chi connectivity index (χ0n) is 17.6. The Morgan fingerprint density at radius 3 is 2.61 bits per heavy atom. The fourth-order valence-corrected chi connectivity index (χ4v) is 5.03. The van der Waals surface area contributed by atoms with Crippen LogP contribution in [-0.4, -0.2) is 17.6 Å².